The second kappa shape index (κ2) is 6.70. The summed E-state index contributed by atoms with van der Waals surface area (Å²) in [5.41, 5.74) is 6.10. The molecule has 25 heavy (non-hydrogen) atoms. The van der Waals surface area contributed by atoms with E-state index in [1.807, 2.05) is 18.2 Å². The molecule has 2 fully saturated rings. The van der Waals surface area contributed by atoms with E-state index < -0.39 is 17.3 Å². The molecular formula is C17H21BrClNO5. The van der Waals surface area contributed by atoms with E-state index in [-0.39, 0.29) is 24.4 Å². The third-order valence-corrected chi connectivity index (χ3v) is 5.88. The predicted octanol–water partition coefficient (Wildman–Crippen LogP) is 2.50. The minimum Gasteiger partial charge on any atom is -0.489 e. The lowest BCUT2D eigenvalue weighted by Crippen LogP contribution is -2.62. The zero-order valence-corrected chi connectivity index (χ0v) is 16.2. The lowest BCUT2D eigenvalue weighted by molar-refractivity contribution is -0.212. The van der Waals surface area contributed by atoms with Gasteiger partial charge in [-0.15, -0.1) is 12.4 Å². The van der Waals surface area contributed by atoms with Gasteiger partial charge in [-0.25, -0.2) is 4.79 Å². The Bertz CT molecular complexity index is 681. The minimum absolute atomic E-state index is 0. The zero-order valence-electron chi connectivity index (χ0n) is 13.8. The molecule has 0 aromatic heterocycles. The molecule has 0 amide bonds. The van der Waals surface area contributed by atoms with Crippen molar-refractivity contribution in [1.29, 1.82) is 0 Å². The van der Waals surface area contributed by atoms with Crippen molar-refractivity contribution in [3.63, 3.8) is 0 Å². The molecule has 8 heteroatoms. The molecule has 0 bridgehead atoms. The van der Waals surface area contributed by atoms with Crippen LogP contribution in [0.2, 0.25) is 0 Å². The Labute approximate surface area is 160 Å². The van der Waals surface area contributed by atoms with E-state index >= 15 is 0 Å². The van der Waals surface area contributed by atoms with E-state index in [1.54, 1.807) is 0 Å². The van der Waals surface area contributed by atoms with E-state index in [2.05, 4.69) is 15.9 Å². The van der Waals surface area contributed by atoms with Gasteiger partial charge in [0.1, 0.15) is 17.4 Å². The van der Waals surface area contributed by atoms with Crippen molar-refractivity contribution in [3.05, 3.63) is 28.2 Å². The maximum Gasteiger partial charge on any atom is 0.331 e. The molecule has 2 aliphatic heterocycles. The van der Waals surface area contributed by atoms with Crippen LogP contribution in [-0.2, 0) is 24.5 Å². The van der Waals surface area contributed by atoms with Gasteiger partial charge < -0.3 is 24.7 Å². The molecule has 1 aliphatic carbocycles. The lowest BCUT2D eigenvalue weighted by atomic mass is 9.67. The molecular weight excluding hydrogens is 414 g/mol. The Morgan fingerprint density at radius 1 is 1.36 bits per heavy atom. The number of esters is 1. The first-order valence-corrected chi connectivity index (χ1v) is 8.90. The molecule has 2 N–H and O–H groups in total. The zero-order chi connectivity index (χ0) is 16.9. The van der Waals surface area contributed by atoms with Crippen LogP contribution in [0.3, 0.4) is 0 Å². The Morgan fingerprint density at radius 2 is 2.08 bits per heavy atom. The largest absolute Gasteiger partial charge is 0.489 e. The summed E-state index contributed by atoms with van der Waals surface area (Å²) in [5.74, 6) is -0.623. The monoisotopic (exact) mass is 433 g/mol. The van der Waals surface area contributed by atoms with Crippen molar-refractivity contribution in [2.75, 3.05) is 20.3 Å². The molecule has 3 unspecified atom stereocenters. The van der Waals surface area contributed by atoms with Gasteiger partial charge in [0.2, 0.25) is 0 Å². The van der Waals surface area contributed by atoms with Crippen molar-refractivity contribution in [3.8, 4) is 5.75 Å². The van der Waals surface area contributed by atoms with Gasteiger partial charge in [0, 0.05) is 28.8 Å². The van der Waals surface area contributed by atoms with Crippen molar-refractivity contribution < 1.29 is 23.7 Å². The van der Waals surface area contributed by atoms with Gasteiger partial charge in [-0.05, 0) is 24.6 Å². The van der Waals surface area contributed by atoms with Crippen molar-refractivity contribution in [1.82, 2.24) is 0 Å². The van der Waals surface area contributed by atoms with Gasteiger partial charge in [0.15, 0.2) is 5.79 Å². The van der Waals surface area contributed by atoms with E-state index in [9.17, 15) is 4.79 Å². The Hall–Kier alpha value is -0.860. The second-order valence-corrected chi connectivity index (χ2v) is 7.53. The molecule has 138 valence electrons. The standard InChI is InChI=1S/C17H20BrNO5.ClH/c1-21-15(20)17(19)11-4-5-16(22-6-7-23-16)9-14(11)24-13-3-2-10(18)8-12(13)17;/h2-3,8,11,14H,4-7,9,19H2,1H3;1H. The van der Waals surface area contributed by atoms with Gasteiger partial charge in [0.05, 0.1) is 20.3 Å². The quantitative estimate of drug-likeness (QED) is 0.684. The molecule has 4 rings (SSSR count). The van der Waals surface area contributed by atoms with Crippen molar-refractivity contribution in [2.24, 2.45) is 11.7 Å². The van der Waals surface area contributed by atoms with Crippen molar-refractivity contribution in [2.45, 2.75) is 36.7 Å². The van der Waals surface area contributed by atoms with Crippen LogP contribution in [-0.4, -0.2) is 38.2 Å². The van der Waals surface area contributed by atoms with Crippen LogP contribution in [0.15, 0.2) is 22.7 Å². The molecule has 2 heterocycles. The summed E-state index contributed by atoms with van der Waals surface area (Å²) in [7, 11) is 1.37. The number of methoxy groups -OCH3 is 1. The summed E-state index contributed by atoms with van der Waals surface area (Å²) >= 11 is 3.45. The number of hydrogen-bond acceptors (Lipinski definition) is 6. The second-order valence-electron chi connectivity index (χ2n) is 6.61. The maximum atomic E-state index is 12.6. The fraction of sp³-hybridized carbons (Fsp3) is 0.588. The van der Waals surface area contributed by atoms with Gasteiger partial charge >= 0.3 is 5.97 Å². The van der Waals surface area contributed by atoms with Crippen molar-refractivity contribution >= 4 is 34.3 Å². The number of rotatable bonds is 1. The molecule has 1 aromatic carbocycles. The molecule has 1 aromatic rings. The van der Waals surface area contributed by atoms with Gasteiger partial charge in [0.25, 0.3) is 0 Å². The predicted molar refractivity (Wildman–Crippen MR) is 95.7 cm³/mol. The van der Waals surface area contributed by atoms with Crippen LogP contribution in [0.5, 0.6) is 5.75 Å². The molecule has 6 nitrogen and oxygen atoms in total. The van der Waals surface area contributed by atoms with Crippen LogP contribution in [0.1, 0.15) is 24.8 Å². The number of fused-ring (bicyclic) bond motifs is 2. The van der Waals surface area contributed by atoms with E-state index in [4.69, 9.17) is 24.7 Å². The Kier molecular flexibility index (Phi) is 5.07. The molecule has 0 radical (unpaired) electrons. The number of carbonyl (C=O) groups excluding carboxylic acids is 1. The third kappa shape index (κ3) is 2.86. The summed E-state index contributed by atoms with van der Waals surface area (Å²) in [6, 6.07) is 5.55. The molecule has 1 saturated heterocycles. The van der Waals surface area contributed by atoms with E-state index in [0.717, 1.165) is 4.47 Å². The highest BCUT2D eigenvalue weighted by Crippen LogP contribution is 2.51. The van der Waals surface area contributed by atoms with Crippen LogP contribution < -0.4 is 10.5 Å². The number of nitrogens with two attached hydrogens (primary N) is 1. The first-order chi connectivity index (χ1) is 11.5. The van der Waals surface area contributed by atoms with Gasteiger partial charge in [-0.1, -0.05) is 15.9 Å². The summed E-state index contributed by atoms with van der Waals surface area (Å²) in [5, 5.41) is 0. The average Bonchev–Trinajstić information content (AvgIpc) is 3.02. The highest BCUT2D eigenvalue weighted by Gasteiger charge is 2.58. The Balaban J connectivity index is 0.00000182. The lowest BCUT2D eigenvalue weighted by Gasteiger charge is -2.50. The summed E-state index contributed by atoms with van der Waals surface area (Å²) < 4.78 is 23.8. The summed E-state index contributed by atoms with van der Waals surface area (Å²) in [6.45, 7) is 1.18. The normalized spacial score (nSPS) is 32.1. The number of halogens is 2. The maximum absolute atomic E-state index is 12.6. The van der Waals surface area contributed by atoms with E-state index in [1.165, 1.54) is 7.11 Å². The highest BCUT2D eigenvalue weighted by atomic mass is 79.9. The topological polar surface area (TPSA) is 80.0 Å². The first kappa shape index (κ1) is 18.9. The Morgan fingerprint density at radius 3 is 2.76 bits per heavy atom. The van der Waals surface area contributed by atoms with Gasteiger partial charge in [-0.2, -0.15) is 0 Å². The first-order valence-electron chi connectivity index (χ1n) is 8.10. The third-order valence-electron chi connectivity index (χ3n) is 5.38. The highest BCUT2D eigenvalue weighted by molar-refractivity contribution is 9.10. The SMILES string of the molecule is COC(=O)C1(N)c2cc(Br)ccc2OC2CC3(CCC21)OCCO3.Cl. The molecule has 3 atom stereocenters. The molecule has 1 saturated carbocycles. The molecule has 1 spiro atoms. The number of carbonyl (C=O) groups is 1. The molecule has 3 aliphatic rings. The number of hydrogen-bond donors (Lipinski definition) is 1. The fourth-order valence-corrected chi connectivity index (χ4v) is 4.60. The van der Waals surface area contributed by atoms with Crippen LogP contribution in [0.25, 0.3) is 0 Å². The fourth-order valence-electron chi connectivity index (χ4n) is 4.24. The summed E-state index contributed by atoms with van der Waals surface area (Å²) in [6.07, 6.45) is 1.66. The van der Waals surface area contributed by atoms with E-state index in [0.29, 0.717) is 43.8 Å². The van der Waals surface area contributed by atoms with Crippen LogP contribution >= 0.6 is 28.3 Å². The number of ether oxygens (including phenoxy) is 4. The van der Waals surface area contributed by atoms with Crippen LogP contribution in [0.4, 0.5) is 0 Å². The smallest absolute Gasteiger partial charge is 0.331 e. The van der Waals surface area contributed by atoms with Crippen LogP contribution in [0, 0.1) is 5.92 Å². The average molecular weight is 435 g/mol. The summed E-state index contributed by atoms with van der Waals surface area (Å²) in [4.78, 5) is 12.6. The number of benzene rings is 1. The van der Waals surface area contributed by atoms with Gasteiger partial charge in [-0.3, -0.25) is 0 Å². The minimum atomic E-state index is -1.24.